The maximum Gasteiger partial charge on any atom is 0.254 e. The molecular weight excluding hydrogens is 306 g/mol. The predicted octanol–water partition coefficient (Wildman–Crippen LogP) is 1.79. The number of ether oxygens (including phenoxy) is 2. The summed E-state index contributed by atoms with van der Waals surface area (Å²) < 4.78 is 11.8. The molecule has 2 aliphatic heterocycles. The lowest BCUT2D eigenvalue weighted by Gasteiger charge is -2.50. The van der Waals surface area contributed by atoms with Gasteiger partial charge in [-0.25, -0.2) is 4.98 Å². The summed E-state index contributed by atoms with van der Waals surface area (Å²) in [6.07, 6.45) is 5.94. The zero-order valence-corrected chi connectivity index (χ0v) is 13.3. The smallest absolute Gasteiger partial charge is 0.254 e. The molecule has 1 atom stereocenters. The quantitative estimate of drug-likeness (QED) is 0.857. The molecule has 1 spiro atoms. The number of carbonyl (C=O) groups is 1. The molecule has 6 heteroatoms. The number of hydrogen-bond acceptors (Lipinski definition) is 5. The molecule has 2 aromatic heterocycles. The predicted molar refractivity (Wildman–Crippen MR) is 86.7 cm³/mol. The van der Waals surface area contributed by atoms with E-state index in [0.29, 0.717) is 37.7 Å². The molecule has 24 heavy (non-hydrogen) atoms. The van der Waals surface area contributed by atoms with Crippen LogP contribution in [0, 0.1) is 5.92 Å². The molecule has 0 bridgehead atoms. The first-order valence-corrected chi connectivity index (χ1v) is 8.14. The largest absolute Gasteiger partial charge is 0.477 e. The van der Waals surface area contributed by atoms with Crippen LogP contribution in [0.25, 0.3) is 0 Å². The van der Waals surface area contributed by atoms with Crippen LogP contribution in [0.2, 0.25) is 0 Å². The summed E-state index contributed by atoms with van der Waals surface area (Å²) in [4.78, 5) is 22.4. The van der Waals surface area contributed by atoms with Gasteiger partial charge in [0, 0.05) is 42.7 Å². The van der Waals surface area contributed by atoms with E-state index in [4.69, 9.17) is 9.47 Å². The van der Waals surface area contributed by atoms with E-state index in [2.05, 4.69) is 9.97 Å². The van der Waals surface area contributed by atoms with Crippen molar-refractivity contribution in [2.24, 2.45) is 5.92 Å². The van der Waals surface area contributed by atoms with Crippen molar-refractivity contribution >= 4 is 5.91 Å². The minimum absolute atomic E-state index is 0.0305. The first-order valence-electron chi connectivity index (χ1n) is 8.14. The minimum atomic E-state index is -0.266. The Bertz CT molecular complexity index is 702. The molecule has 0 unspecified atom stereocenters. The van der Waals surface area contributed by atoms with Gasteiger partial charge in [0.05, 0.1) is 19.7 Å². The van der Waals surface area contributed by atoms with Crippen molar-refractivity contribution in [1.82, 2.24) is 14.9 Å². The number of nitrogens with zero attached hydrogens (tertiary/aromatic N) is 3. The molecule has 0 saturated carbocycles. The summed E-state index contributed by atoms with van der Waals surface area (Å²) in [5.41, 5.74) is 0.399. The first kappa shape index (κ1) is 15.1. The van der Waals surface area contributed by atoms with E-state index in [1.54, 1.807) is 30.7 Å². The summed E-state index contributed by atoms with van der Waals surface area (Å²) in [6.45, 7) is 2.51. The molecule has 1 amide bonds. The van der Waals surface area contributed by atoms with Gasteiger partial charge in [0.1, 0.15) is 5.60 Å². The highest BCUT2D eigenvalue weighted by Gasteiger charge is 2.54. The Morgan fingerprint density at radius 2 is 2.08 bits per heavy atom. The fourth-order valence-corrected chi connectivity index (χ4v) is 3.41. The van der Waals surface area contributed by atoms with E-state index < -0.39 is 0 Å². The van der Waals surface area contributed by atoms with Crippen molar-refractivity contribution in [2.75, 3.05) is 26.3 Å². The average Bonchev–Trinajstić information content (AvgIpc) is 3.04. The number of pyridine rings is 2. The summed E-state index contributed by atoms with van der Waals surface area (Å²) in [5.74, 6) is 0.938. The van der Waals surface area contributed by atoms with Gasteiger partial charge in [-0.15, -0.1) is 0 Å². The lowest BCUT2D eigenvalue weighted by molar-refractivity contribution is -0.122. The van der Waals surface area contributed by atoms with Crippen LogP contribution in [0.1, 0.15) is 16.8 Å². The molecule has 4 rings (SSSR count). The molecule has 0 aromatic carbocycles. The maximum absolute atomic E-state index is 12.5. The topological polar surface area (TPSA) is 64.6 Å². The van der Waals surface area contributed by atoms with Gasteiger partial charge in [0.25, 0.3) is 5.91 Å². The Balaban J connectivity index is 1.37. The van der Waals surface area contributed by atoms with Crippen molar-refractivity contribution < 1.29 is 14.3 Å². The number of hydrogen-bond donors (Lipinski definition) is 0. The van der Waals surface area contributed by atoms with E-state index in [1.165, 1.54) is 0 Å². The van der Waals surface area contributed by atoms with E-state index in [0.717, 1.165) is 6.42 Å². The molecule has 2 aliphatic rings. The molecule has 6 nitrogen and oxygen atoms in total. The average molecular weight is 325 g/mol. The Morgan fingerprint density at radius 1 is 1.25 bits per heavy atom. The summed E-state index contributed by atoms with van der Waals surface area (Å²) in [7, 11) is 0. The third kappa shape index (κ3) is 2.73. The van der Waals surface area contributed by atoms with Crippen molar-refractivity contribution in [3.8, 4) is 5.88 Å². The number of aromatic nitrogens is 2. The molecular formula is C18H19N3O3. The van der Waals surface area contributed by atoms with Crippen molar-refractivity contribution in [3.63, 3.8) is 0 Å². The molecule has 4 heterocycles. The second-order valence-electron chi connectivity index (χ2n) is 6.27. The Labute approximate surface area is 140 Å². The van der Waals surface area contributed by atoms with Crippen molar-refractivity contribution in [1.29, 1.82) is 0 Å². The van der Waals surface area contributed by atoms with Crippen LogP contribution in [0.4, 0.5) is 0 Å². The van der Waals surface area contributed by atoms with Gasteiger partial charge in [-0.2, -0.15) is 0 Å². The SMILES string of the molecule is O=C(c1ccncc1)N1CC2(C1)OCC[C@@H]2COc1ccccn1. The van der Waals surface area contributed by atoms with Crippen molar-refractivity contribution in [3.05, 3.63) is 54.5 Å². The normalized spacial score (nSPS) is 21.5. The summed E-state index contributed by atoms with van der Waals surface area (Å²) in [6, 6.07) is 9.10. The summed E-state index contributed by atoms with van der Waals surface area (Å²) in [5, 5.41) is 0. The first-order chi connectivity index (χ1) is 11.8. The molecule has 2 fully saturated rings. The van der Waals surface area contributed by atoms with Gasteiger partial charge in [0.15, 0.2) is 0 Å². The number of amides is 1. The number of rotatable bonds is 4. The Hall–Kier alpha value is -2.47. The Morgan fingerprint density at radius 3 is 2.83 bits per heavy atom. The fourth-order valence-electron chi connectivity index (χ4n) is 3.41. The highest BCUT2D eigenvalue weighted by atomic mass is 16.5. The molecule has 0 N–H and O–H groups in total. The van der Waals surface area contributed by atoms with Crippen LogP contribution < -0.4 is 4.74 Å². The van der Waals surface area contributed by atoms with Crippen LogP contribution >= 0.6 is 0 Å². The third-order valence-electron chi connectivity index (χ3n) is 4.80. The van der Waals surface area contributed by atoms with Gasteiger partial charge in [0.2, 0.25) is 5.88 Å². The molecule has 0 aliphatic carbocycles. The van der Waals surface area contributed by atoms with E-state index >= 15 is 0 Å². The van der Waals surface area contributed by atoms with Gasteiger partial charge >= 0.3 is 0 Å². The molecule has 2 saturated heterocycles. The molecule has 2 aromatic rings. The molecule has 124 valence electrons. The van der Waals surface area contributed by atoms with Crippen LogP contribution in [0.3, 0.4) is 0 Å². The highest BCUT2D eigenvalue weighted by molar-refractivity contribution is 5.94. The van der Waals surface area contributed by atoms with E-state index in [1.807, 2.05) is 23.1 Å². The number of carbonyl (C=O) groups excluding carboxylic acids is 1. The lowest BCUT2D eigenvalue weighted by Crippen LogP contribution is -2.66. The van der Waals surface area contributed by atoms with E-state index in [9.17, 15) is 4.79 Å². The van der Waals surface area contributed by atoms with Crippen LogP contribution in [-0.4, -0.2) is 52.7 Å². The maximum atomic E-state index is 12.5. The second-order valence-corrected chi connectivity index (χ2v) is 6.27. The van der Waals surface area contributed by atoms with Gasteiger partial charge < -0.3 is 14.4 Å². The lowest BCUT2D eigenvalue weighted by atomic mass is 9.81. The van der Waals surface area contributed by atoms with Gasteiger partial charge in [-0.3, -0.25) is 9.78 Å². The Kier molecular flexibility index (Phi) is 3.90. The standard InChI is InChI=1S/C18H19N3O3/c22-17(14-4-8-19-9-5-14)21-12-18(13-21)15(6-10-24-18)11-23-16-3-1-2-7-20-16/h1-5,7-9,15H,6,10-13H2/t15-/m1/s1. The zero-order valence-electron chi connectivity index (χ0n) is 13.3. The third-order valence-corrected chi connectivity index (χ3v) is 4.80. The number of likely N-dealkylation sites (tertiary alicyclic amines) is 1. The van der Waals surface area contributed by atoms with Gasteiger partial charge in [-0.05, 0) is 24.6 Å². The minimum Gasteiger partial charge on any atom is -0.477 e. The fraction of sp³-hybridized carbons (Fsp3) is 0.389. The monoisotopic (exact) mass is 325 g/mol. The second kappa shape index (κ2) is 6.20. The van der Waals surface area contributed by atoms with Crippen LogP contribution in [0.5, 0.6) is 5.88 Å². The van der Waals surface area contributed by atoms with Gasteiger partial charge in [-0.1, -0.05) is 6.07 Å². The zero-order chi connectivity index (χ0) is 16.4. The summed E-state index contributed by atoms with van der Waals surface area (Å²) >= 11 is 0. The van der Waals surface area contributed by atoms with Crippen LogP contribution in [-0.2, 0) is 4.74 Å². The van der Waals surface area contributed by atoms with Crippen LogP contribution in [0.15, 0.2) is 48.9 Å². The van der Waals surface area contributed by atoms with E-state index in [-0.39, 0.29) is 17.4 Å². The van der Waals surface area contributed by atoms with Crippen molar-refractivity contribution in [2.45, 2.75) is 12.0 Å². The highest BCUT2D eigenvalue weighted by Crippen LogP contribution is 2.40. The molecule has 0 radical (unpaired) electrons.